The van der Waals surface area contributed by atoms with Crippen molar-refractivity contribution < 1.29 is 18.3 Å². The molecule has 1 amide bonds. The van der Waals surface area contributed by atoms with E-state index in [-0.39, 0.29) is 36.3 Å². The molecule has 8 heteroatoms. The number of anilines is 4. The first-order chi connectivity index (χ1) is 16.1. The fourth-order valence-electron chi connectivity index (χ4n) is 5.96. The Morgan fingerprint density at radius 2 is 1.76 bits per heavy atom. The first-order valence-corrected chi connectivity index (χ1v) is 12.0. The van der Waals surface area contributed by atoms with E-state index in [4.69, 9.17) is 4.74 Å². The van der Waals surface area contributed by atoms with Gasteiger partial charge in [-0.1, -0.05) is 19.3 Å². The molecule has 2 unspecified atom stereocenters. The number of morpholine rings is 1. The highest BCUT2D eigenvalue weighted by Crippen LogP contribution is 2.43. The Labute approximate surface area is 191 Å². The maximum Gasteiger partial charge on any atom is 0.230 e. The van der Waals surface area contributed by atoms with Crippen molar-refractivity contribution >= 4 is 28.8 Å². The molecule has 2 saturated heterocycles. The summed E-state index contributed by atoms with van der Waals surface area (Å²) >= 11 is 0. The van der Waals surface area contributed by atoms with Crippen molar-refractivity contribution in [3.8, 4) is 0 Å². The second-order valence-electron chi connectivity index (χ2n) is 9.70. The van der Waals surface area contributed by atoms with Gasteiger partial charge in [-0.15, -0.1) is 0 Å². The van der Waals surface area contributed by atoms with Crippen molar-refractivity contribution in [2.75, 3.05) is 28.3 Å². The number of fused-ring (bicyclic) bond motifs is 4. The quantitative estimate of drug-likeness (QED) is 0.700. The Hall–Kier alpha value is -2.74. The van der Waals surface area contributed by atoms with E-state index in [1.54, 1.807) is 11.0 Å². The molecule has 0 radical (unpaired) electrons. The van der Waals surface area contributed by atoms with E-state index in [9.17, 15) is 9.18 Å². The van der Waals surface area contributed by atoms with Gasteiger partial charge in [0.1, 0.15) is 17.5 Å². The third kappa shape index (κ3) is 3.64. The maximum absolute atomic E-state index is 15.5. The molecule has 2 atom stereocenters. The average Bonchev–Trinajstić information content (AvgIpc) is 2.98. The van der Waals surface area contributed by atoms with E-state index in [0.29, 0.717) is 41.7 Å². The highest BCUT2D eigenvalue weighted by Gasteiger charge is 2.40. The van der Waals surface area contributed by atoms with Crippen LogP contribution in [0.15, 0.2) is 24.4 Å². The predicted molar refractivity (Wildman–Crippen MR) is 122 cm³/mol. The van der Waals surface area contributed by atoms with E-state index in [1.807, 2.05) is 0 Å². The van der Waals surface area contributed by atoms with Gasteiger partial charge in [-0.3, -0.25) is 4.79 Å². The molecule has 1 aliphatic carbocycles. The van der Waals surface area contributed by atoms with Crippen molar-refractivity contribution in [2.24, 2.45) is 5.92 Å². The van der Waals surface area contributed by atoms with Gasteiger partial charge in [0.15, 0.2) is 0 Å². The summed E-state index contributed by atoms with van der Waals surface area (Å²) in [5.41, 5.74) is 2.21. The van der Waals surface area contributed by atoms with Crippen molar-refractivity contribution in [1.82, 2.24) is 4.98 Å². The number of nitrogens with zero attached hydrogens (tertiary/aromatic N) is 3. The molecule has 4 heterocycles. The lowest BCUT2D eigenvalue weighted by Gasteiger charge is -2.37. The van der Waals surface area contributed by atoms with Gasteiger partial charge in [-0.05, 0) is 37.8 Å². The smallest absolute Gasteiger partial charge is 0.230 e. The third-order valence-corrected chi connectivity index (χ3v) is 7.61. The number of pyridine rings is 1. The number of carbonyl (C=O) groups excluding carboxylic acids is 1. The van der Waals surface area contributed by atoms with Gasteiger partial charge < -0.3 is 19.9 Å². The zero-order chi connectivity index (χ0) is 22.5. The van der Waals surface area contributed by atoms with Gasteiger partial charge in [-0.25, -0.2) is 13.8 Å². The molecule has 174 valence electrons. The van der Waals surface area contributed by atoms with Crippen LogP contribution in [0, 0.1) is 17.6 Å². The molecule has 2 aromatic rings. The number of aromatic nitrogens is 1. The van der Waals surface area contributed by atoms with Crippen LogP contribution in [0.4, 0.5) is 31.7 Å². The van der Waals surface area contributed by atoms with Gasteiger partial charge in [0.2, 0.25) is 5.91 Å². The van der Waals surface area contributed by atoms with Crippen molar-refractivity contribution in [3.05, 3.63) is 41.6 Å². The summed E-state index contributed by atoms with van der Waals surface area (Å²) in [6.07, 6.45) is 8.01. The van der Waals surface area contributed by atoms with E-state index in [0.717, 1.165) is 51.1 Å². The van der Waals surface area contributed by atoms with Crippen LogP contribution in [0.25, 0.3) is 0 Å². The first-order valence-electron chi connectivity index (χ1n) is 12.0. The summed E-state index contributed by atoms with van der Waals surface area (Å²) in [4.78, 5) is 21.8. The Kier molecular flexibility index (Phi) is 5.20. The number of hydrogen-bond acceptors (Lipinski definition) is 5. The Balaban J connectivity index is 1.45. The SMILES string of the molecule is O=C(C1CCCCC1)N1Cc2cc(F)cnc2Nc2cc(F)c(N3C4CCC3COC4)cc21. The number of amides is 1. The van der Waals surface area contributed by atoms with Crippen LogP contribution in [0.2, 0.25) is 0 Å². The number of hydrogen-bond donors (Lipinski definition) is 1. The summed E-state index contributed by atoms with van der Waals surface area (Å²) in [5, 5.41) is 3.17. The normalized spacial score (nSPS) is 24.7. The Morgan fingerprint density at radius 1 is 1.00 bits per heavy atom. The third-order valence-electron chi connectivity index (χ3n) is 7.61. The average molecular weight is 455 g/mol. The number of halogens is 2. The van der Waals surface area contributed by atoms with Crippen LogP contribution in [0.1, 0.15) is 50.5 Å². The highest BCUT2D eigenvalue weighted by atomic mass is 19.1. The van der Waals surface area contributed by atoms with E-state index < -0.39 is 5.82 Å². The van der Waals surface area contributed by atoms with Gasteiger partial charge in [0.05, 0.1) is 55.1 Å². The fraction of sp³-hybridized carbons (Fsp3) is 0.520. The molecule has 3 fully saturated rings. The molecule has 1 aromatic heterocycles. The van der Waals surface area contributed by atoms with Gasteiger partial charge in [-0.2, -0.15) is 0 Å². The van der Waals surface area contributed by atoms with Crippen LogP contribution in [0.3, 0.4) is 0 Å². The Bertz CT molecular complexity index is 1070. The molecule has 1 aromatic carbocycles. The molecular weight excluding hydrogens is 426 g/mol. The zero-order valence-electron chi connectivity index (χ0n) is 18.5. The summed E-state index contributed by atoms with van der Waals surface area (Å²) in [5.74, 6) is -0.380. The largest absolute Gasteiger partial charge is 0.377 e. The Morgan fingerprint density at radius 3 is 2.52 bits per heavy atom. The zero-order valence-corrected chi connectivity index (χ0v) is 18.5. The molecule has 6 nitrogen and oxygen atoms in total. The molecule has 1 saturated carbocycles. The summed E-state index contributed by atoms with van der Waals surface area (Å²) < 4.78 is 35.2. The number of benzene rings is 1. The first kappa shape index (κ1) is 20.8. The molecule has 4 aliphatic rings. The number of rotatable bonds is 2. The molecule has 3 aliphatic heterocycles. The minimum atomic E-state index is -0.455. The molecule has 0 spiro atoms. The summed E-state index contributed by atoms with van der Waals surface area (Å²) in [6.45, 7) is 1.38. The standard InChI is InChI=1S/C25H28F2N4O2/c26-17-8-16-12-30(25(32)15-4-2-1-3-5-15)23-10-22(31-18-6-7-19(31)14-33-13-18)20(27)9-21(23)29-24(16)28-11-17/h8-11,15,18-19H,1-7,12-14H2,(H,28,29). The highest BCUT2D eigenvalue weighted by molar-refractivity contribution is 6.00. The van der Waals surface area contributed by atoms with E-state index in [2.05, 4.69) is 15.2 Å². The summed E-state index contributed by atoms with van der Waals surface area (Å²) in [6, 6.07) is 4.95. The van der Waals surface area contributed by atoms with E-state index >= 15 is 4.39 Å². The lowest BCUT2D eigenvalue weighted by molar-refractivity contribution is -0.123. The fourth-order valence-corrected chi connectivity index (χ4v) is 5.96. The minimum Gasteiger partial charge on any atom is -0.377 e. The second kappa shape index (κ2) is 8.24. The van der Waals surface area contributed by atoms with Gasteiger partial charge in [0, 0.05) is 17.5 Å². The van der Waals surface area contributed by atoms with Crippen LogP contribution >= 0.6 is 0 Å². The van der Waals surface area contributed by atoms with Crippen LogP contribution in [0.5, 0.6) is 0 Å². The lowest BCUT2D eigenvalue weighted by Crippen LogP contribution is -2.46. The van der Waals surface area contributed by atoms with Crippen molar-refractivity contribution in [2.45, 2.75) is 63.6 Å². The maximum atomic E-state index is 15.5. The number of ether oxygens (including phenoxy) is 1. The molecule has 33 heavy (non-hydrogen) atoms. The lowest BCUT2D eigenvalue weighted by atomic mass is 9.88. The molecule has 6 rings (SSSR count). The monoisotopic (exact) mass is 454 g/mol. The number of nitrogens with one attached hydrogen (secondary N) is 1. The predicted octanol–water partition coefficient (Wildman–Crippen LogP) is 4.90. The van der Waals surface area contributed by atoms with E-state index in [1.165, 1.54) is 12.1 Å². The van der Waals surface area contributed by atoms with Crippen LogP contribution in [-0.4, -0.2) is 36.2 Å². The van der Waals surface area contributed by atoms with Gasteiger partial charge in [0.25, 0.3) is 0 Å². The van der Waals surface area contributed by atoms with Crippen molar-refractivity contribution in [1.29, 1.82) is 0 Å². The summed E-state index contributed by atoms with van der Waals surface area (Å²) in [7, 11) is 0. The second-order valence-corrected chi connectivity index (χ2v) is 9.70. The molecule has 2 bridgehead atoms. The van der Waals surface area contributed by atoms with Gasteiger partial charge >= 0.3 is 0 Å². The molecule has 1 N–H and O–H groups in total. The number of carbonyl (C=O) groups is 1. The van der Waals surface area contributed by atoms with Crippen LogP contribution in [-0.2, 0) is 16.1 Å². The minimum absolute atomic E-state index is 0.0253. The topological polar surface area (TPSA) is 57.7 Å². The van der Waals surface area contributed by atoms with Crippen molar-refractivity contribution in [3.63, 3.8) is 0 Å². The van der Waals surface area contributed by atoms with Crippen LogP contribution < -0.4 is 15.1 Å². The molecular formula is C25H28F2N4O2.